The summed E-state index contributed by atoms with van der Waals surface area (Å²) in [5, 5.41) is 12.2. The maximum atomic E-state index is 12.1. The number of methoxy groups -OCH3 is 1. The van der Waals surface area contributed by atoms with Gasteiger partial charge in [0.25, 0.3) is 0 Å². The largest absolute Gasteiger partial charge is 0.496 e. The van der Waals surface area contributed by atoms with Crippen LogP contribution in [0.3, 0.4) is 0 Å². The number of hydrogen-bond acceptors (Lipinski definition) is 6. The summed E-state index contributed by atoms with van der Waals surface area (Å²) in [4.78, 5) is 12.1. The van der Waals surface area contributed by atoms with Crippen molar-refractivity contribution in [3.63, 3.8) is 0 Å². The molecule has 2 heterocycles. The van der Waals surface area contributed by atoms with Crippen LogP contribution in [0.5, 0.6) is 5.75 Å². The van der Waals surface area contributed by atoms with Crippen molar-refractivity contribution in [2.75, 3.05) is 26.0 Å². The van der Waals surface area contributed by atoms with Gasteiger partial charge in [-0.2, -0.15) is 0 Å². The van der Waals surface area contributed by atoms with Crippen LogP contribution in [0.2, 0.25) is 0 Å². The molecule has 7 nitrogen and oxygen atoms in total. The molecular formula is C18H24N4O3S. The van der Waals surface area contributed by atoms with E-state index in [9.17, 15) is 4.79 Å². The zero-order chi connectivity index (χ0) is 18.4. The molecule has 0 aliphatic carbocycles. The van der Waals surface area contributed by atoms with Gasteiger partial charge in [-0.25, -0.2) is 0 Å². The topological polar surface area (TPSA) is 78.3 Å². The maximum absolute atomic E-state index is 12.1. The molecule has 1 aliphatic rings. The first-order valence-electron chi connectivity index (χ1n) is 8.80. The molecule has 26 heavy (non-hydrogen) atoms. The fourth-order valence-electron chi connectivity index (χ4n) is 2.92. The van der Waals surface area contributed by atoms with Crippen molar-refractivity contribution in [2.45, 2.75) is 37.6 Å². The molecule has 1 aromatic carbocycles. The summed E-state index contributed by atoms with van der Waals surface area (Å²) in [7, 11) is 1.64. The lowest BCUT2D eigenvalue weighted by Gasteiger charge is -2.11. The molecular weight excluding hydrogens is 352 g/mol. The van der Waals surface area contributed by atoms with E-state index in [0.29, 0.717) is 18.8 Å². The number of para-hydroxylation sites is 1. The molecule has 1 fully saturated rings. The van der Waals surface area contributed by atoms with Gasteiger partial charge >= 0.3 is 0 Å². The minimum absolute atomic E-state index is 0.0185. The highest BCUT2D eigenvalue weighted by Crippen LogP contribution is 2.30. The van der Waals surface area contributed by atoms with E-state index < -0.39 is 0 Å². The van der Waals surface area contributed by atoms with Crippen molar-refractivity contribution in [1.29, 1.82) is 0 Å². The number of thioether (sulfide) groups is 1. The summed E-state index contributed by atoms with van der Waals surface area (Å²) in [5.41, 5.74) is 0.888. The number of ether oxygens (including phenoxy) is 2. The second-order valence-electron chi connectivity index (χ2n) is 5.98. The molecule has 1 saturated heterocycles. The fraction of sp³-hybridized carbons (Fsp3) is 0.500. The average Bonchev–Trinajstić information content (AvgIpc) is 3.33. The lowest BCUT2D eigenvalue weighted by atomic mass is 10.2. The van der Waals surface area contributed by atoms with Crippen LogP contribution in [0.4, 0.5) is 0 Å². The quantitative estimate of drug-likeness (QED) is 0.713. The number of carbonyl (C=O) groups is 1. The van der Waals surface area contributed by atoms with E-state index >= 15 is 0 Å². The van der Waals surface area contributed by atoms with Crippen LogP contribution in [0, 0.1) is 0 Å². The second kappa shape index (κ2) is 9.05. The van der Waals surface area contributed by atoms with E-state index in [2.05, 4.69) is 15.5 Å². The zero-order valence-electron chi connectivity index (χ0n) is 15.1. The van der Waals surface area contributed by atoms with Gasteiger partial charge < -0.3 is 19.4 Å². The Hall–Kier alpha value is -2.06. The SMILES string of the molecule is CCn1c(SCC(=O)NC[C@@H]2CCCO2)nnc1-c1ccccc1OC. The van der Waals surface area contributed by atoms with Gasteiger partial charge in [-0.1, -0.05) is 23.9 Å². The van der Waals surface area contributed by atoms with Gasteiger partial charge in [-0.15, -0.1) is 10.2 Å². The summed E-state index contributed by atoms with van der Waals surface area (Å²) in [5.74, 6) is 1.78. The van der Waals surface area contributed by atoms with Crippen LogP contribution in [0.1, 0.15) is 19.8 Å². The molecule has 1 aromatic heterocycles. The molecule has 1 N–H and O–H groups in total. The Morgan fingerprint density at radius 2 is 2.27 bits per heavy atom. The summed E-state index contributed by atoms with van der Waals surface area (Å²) >= 11 is 1.39. The Kier molecular flexibility index (Phi) is 6.51. The number of amides is 1. The van der Waals surface area contributed by atoms with Crippen LogP contribution < -0.4 is 10.1 Å². The predicted octanol–water partition coefficient (Wildman–Crippen LogP) is 2.36. The van der Waals surface area contributed by atoms with Gasteiger partial charge in [0.1, 0.15) is 5.75 Å². The van der Waals surface area contributed by atoms with Gasteiger partial charge in [-0.3, -0.25) is 4.79 Å². The van der Waals surface area contributed by atoms with Gasteiger partial charge in [-0.05, 0) is 31.9 Å². The third-order valence-corrected chi connectivity index (χ3v) is 5.23. The molecule has 0 radical (unpaired) electrons. The molecule has 2 aromatic rings. The molecule has 8 heteroatoms. The van der Waals surface area contributed by atoms with Crippen molar-refractivity contribution in [3.8, 4) is 17.1 Å². The fourth-order valence-corrected chi connectivity index (χ4v) is 3.76. The Balaban J connectivity index is 1.63. The third-order valence-electron chi connectivity index (χ3n) is 4.26. The van der Waals surface area contributed by atoms with Crippen molar-refractivity contribution in [2.24, 2.45) is 0 Å². The summed E-state index contributed by atoms with van der Waals surface area (Å²) in [6.07, 6.45) is 2.24. The molecule has 0 saturated carbocycles. The maximum Gasteiger partial charge on any atom is 0.230 e. The van der Waals surface area contributed by atoms with E-state index in [0.717, 1.165) is 41.7 Å². The van der Waals surface area contributed by atoms with Crippen LogP contribution in [-0.2, 0) is 16.1 Å². The first-order chi connectivity index (χ1) is 12.7. The Morgan fingerprint density at radius 3 is 3.00 bits per heavy atom. The number of nitrogens with one attached hydrogen (secondary N) is 1. The Labute approximate surface area is 157 Å². The van der Waals surface area contributed by atoms with E-state index in [1.165, 1.54) is 11.8 Å². The van der Waals surface area contributed by atoms with Gasteiger partial charge in [0.05, 0.1) is 24.5 Å². The lowest BCUT2D eigenvalue weighted by molar-refractivity contribution is -0.119. The van der Waals surface area contributed by atoms with Crippen LogP contribution >= 0.6 is 11.8 Å². The van der Waals surface area contributed by atoms with E-state index in [1.54, 1.807) is 7.11 Å². The number of aromatic nitrogens is 3. The molecule has 1 aliphatic heterocycles. The van der Waals surface area contributed by atoms with Gasteiger partial charge in [0.15, 0.2) is 11.0 Å². The summed E-state index contributed by atoms with van der Waals surface area (Å²) in [6, 6.07) is 7.72. The highest BCUT2D eigenvalue weighted by molar-refractivity contribution is 7.99. The number of benzene rings is 1. The smallest absolute Gasteiger partial charge is 0.230 e. The molecule has 0 unspecified atom stereocenters. The number of nitrogens with zero attached hydrogens (tertiary/aromatic N) is 3. The molecule has 1 atom stereocenters. The number of rotatable bonds is 8. The highest BCUT2D eigenvalue weighted by Gasteiger charge is 2.19. The first kappa shape index (κ1) is 18.7. The minimum Gasteiger partial charge on any atom is -0.496 e. The highest BCUT2D eigenvalue weighted by atomic mass is 32.2. The van der Waals surface area contributed by atoms with Crippen LogP contribution in [-0.4, -0.2) is 52.8 Å². The van der Waals surface area contributed by atoms with Crippen LogP contribution in [0.15, 0.2) is 29.4 Å². The molecule has 140 valence electrons. The normalized spacial score (nSPS) is 16.6. The van der Waals surface area contributed by atoms with E-state index in [4.69, 9.17) is 9.47 Å². The summed E-state index contributed by atoms with van der Waals surface area (Å²) < 4.78 is 12.9. The molecule has 0 spiro atoms. The minimum atomic E-state index is -0.0185. The van der Waals surface area contributed by atoms with Crippen LogP contribution in [0.25, 0.3) is 11.4 Å². The van der Waals surface area contributed by atoms with E-state index in [-0.39, 0.29) is 12.0 Å². The number of hydrogen-bond donors (Lipinski definition) is 1. The lowest BCUT2D eigenvalue weighted by Crippen LogP contribution is -2.32. The average molecular weight is 376 g/mol. The first-order valence-corrected chi connectivity index (χ1v) is 9.79. The standard InChI is InChI=1S/C18H24N4O3S/c1-3-22-17(14-8-4-5-9-15(14)24-2)20-21-18(22)26-12-16(23)19-11-13-7-6-10-25-13/h4-5,8-9,13H,3,6-7,10-12H2,1-2H3,(H,19,23)/t13-/m0/s1. The molecule has 3 rings (SSSR count). The van der Waals surface area contributed by atoms with Crippen molar-refractivity contribution in [1.82, 2.24) is 20.1 Å². The second-order valence-corrected chi connectivity index (χ2v) is 6.92. The van der Waals surface area contributed by atoms with Gasteiger partial charge in [0, 0.05) is 19.7 Å². The molecule has 1 amide bonds. The van der Waals surface area contributed by atoms with Crippen molar-refractivity contribution < 1.29 is 14.3 Å². The Bertz CT molecular complexity index is 744. The number of carbonyl (C=O) groups excluding carboxylic acids is 1. The van der Waals surface area contributed by atoms with E-state index in [1.807, 2.05) is 35.8 Å². The third kappa shape index (κ3) is 4.37. The molecule has 0 bridgehead atoms. The summed E-state index contributed by atoms with van der Waals surface area (Å²) in [6.45, 7) is 4.11. The predicted molar refractivity (Wildman–Crippen MR) is 100 cm³/mol. The van der Waals surface area contributed by atoms with Crippen molar-refractivity contribution >= 4 is 17.7 Å². The monoisotopic (exact) mass is 376 g/mol. The zero-order valence-corrected chi connectivity index (χ0v) is 15.9. The van der Waals surface area contributed by atoms with Crippen molar-refractivity contribution in [3.05, 3.63) is 24.3 Å². The Morgan fingerprint density at radius 1 is 1.42 bits per heavy atom. The van der Waals surface area contributed by atoms with Gasteiger partial charge in [0.2, 0.25) is 5.91 Å².